The average molecular weight is 758 g/mol. The van der Waals surface area contributed by atoms with Crippen LogP contribution in [0.25, 0.3) is 10.4 Å². The molecule has 3 amide bonds. The molecule has 5 aromatic rings. The molecule has 0 bridgehead atoms. The van der Waals surface area contributed by atoms with E-state index >= 15 is 0 Å². The Morgan fingerprint density at radius 2 is 1.65 bits per heavy atom. The Balaban J connectivity index is 0.920. The minimum Gasteiger partial charge on any atom is -0.381 e. The molecule has 0 saturated carbocycles. The van der Waals surface area contributed by atoms with E-state index in [0.717, 1.165) is 78.5 Å². The van der Waals surface area contributed by atoms with E-state index in [9.17, 15) is 18.8 Å². The molecule has 12 heteroatoms. The van der Waals surface area contributed by atoms with Crippen molar-refractivity contribution in [3.63, 3.8) is 0 Å². The minimum atomic E-state index is -0.483. The van der Waals surface area contributed by atoms with Crippen LogP contribution in [0.1, 0.15) is 65.6 Å². The molecule has 2 fully saturated rings. The fourth-order valence-electron chi connectivity index (χ4n) is 8.15. The molecule has 10 nitrogen and oxygen atoms in total. The molecule has 9 rings (SSSR count). The molecule has 1 spiro atoms. The summed E-state index contributed by atoms with van der Waals surface area (Å²) in [7, 11) is 0. The van der Waals surface area contributed by atoms with Crippen molar-refractivity contribution < 1.29 is 28.2 Å². The summed E-state index contributed by atoms with van der Waals surface area (Å²) >= 11 is 1.33. The number of ether oxygens (including phenoxy) is 2. The highest BCUT2D eigenvalue weighted by molar-refractivity contribution is 7.17. The van der Waals surface area contributed by atoms with Crippen molar-refractivity contribution in [2.75, 3.05) is 59.9 Å². The first-order valence-electron chi connectivity index (χ1n) is 18.7. The lowest BCUT2D eigenvalue weighted by atomic mass is 9.73. The molecular weight excluding hydrogens is 718 g/mol. The normalized spacial score (nSPS) is 17.0. The number of carbonyl (C=O) groups excluding carboxylic acids is 3. The van der Waals surface area contributed by atoms with Crippen molar-refractivity contribution in [2.45, 2.75) is 39.2 Å². The predicted octanol–water partition coefficient (Wildman–Crippen LogP) is 7.65. The van der Waals surface area contributed by atoms with E-state index in [4.69, 9.17) is 14.5 Å². The number of nitrogens with one attached hydrogen (secondary N) is 2. The van der Waals surface area contributed by atoms with Crippen LogP contribution in [0.4, 0.5) is 27.3 Å². The Kier molecular flexibility index (Phi) is 9.19. The third kappa shape index (κ3) is 6.68. The van der Waals surface area contributed by atoms with E-state index in [2.05, 4.69) is 15.5 Å². The van der Waals surface area contributed by atoms with Crippen LogP contribution in [0.2, 0.25) is 0 Å². The molecule has 2 N–H and O–H groups in total. The maximum Gasteiger partial charge on any atom is 0.265 e. The van der Waals surface area contributed by atoms with Crippen molar-refractivity contribution in [3.05, 3.63) is 123 Å². The van der Waals surface area contributed by atoms with Crippen LogP contribution in [-0.4, -0.2) is 62.2 Å². The number of rotatable bonds is 6. The van der Waals surface area contributed by atoms with E-state index in [1.807, 2.05) is 36.4 Å². The third-order valence-corrected chi connectivity index (χ3v) is 12.4. The summed E-state index contributed by atoms with van der Waals surface area (Å²) in [5.41, 5.74) is 7.06. The highest BCUT2D eigenvalue weighted by atomic mass is 32.1. The van der Waals surface area contributed by atoms with Gasteiger partial charge in [0.2, 0.25) is 0 Å². The van der Waals surface area contributed by atoms with Crippen molar-refractivity contribution in [1.82, 2.24) is 4.98 Å². The zero-order chi connectivity index (χ0) is 37.7. The first-order valence-corrected chi connectivity index (χ1v) is 19.5. The number of anilines is 4. The van der Waals surface area contributed by atoms with Crippen LogP contribution in [0.5, 0.6) is 0 Å². The number of aromatic nitrogens is 1. The van der Waals surface area contributed by atoms with Gasteiger partial charge in [-0.05, 0) is 85.8 Å². The summed E-state index contributed by atoms with van der Waals surface area (Å²) in [6, 6.07) is 23.1. The standard InChI is InChI=1S/C43H40FN5O5S/c1-26-5-4-7-33(44)37(26)47-41(51)36-22-28-13-17-49(35-8-3-2-6-31(35)38(28)55-36)42(52)27-9-11-30(12-10-27)45-40(50)32-21-29-23-54-18-14-34(29)46-39(32)48-24-43(25-48)15-19-53-20-16-43/h2-12,21-22H,13-20,23-25H2,1H3,(H,45,50)(H,47,51). The lowest BCUT2D eigenvalue weighted by molar-refractivity contribution is -0.000550. The van der Waals surface area contributed by atoms with E-state index in [1.54, 1.807) is 48.2 Å². The largest absolute Gasteiger partial charge is 0.381 e. The first kappa shape index (κ1) is 35.3. The Morgan fingerprint density at radius 1 is 0.855 bits per heavy atom. The number of nitrogens with zero attached hydrogens (tertiary/aromatic N) is 3. The molecule has 0 aliphatic carbocycles. The molecule has 0 unspecified atom stereocenters. The number of aryl methyl sites for hydroxylation is 1. The van der Waals surface area contributed by atoms with Crippen molar-refractivity contribution in [3.8, 4) is 10.4 Å². The number of thiophene rings is 1. The van der Waals surface area contributed by atoms with Crippen molar-refractivity contribution in [1.29, 1.82) is 0 Å². The van der Waals surface area contributed by atoms with E-state index in [0.29, 0.717) is 59.3 Å². The number of para-hydroxylation sites is 2. The number of carbonyl (C=O) groups is 3. The molecule has 4 aliphatic heterocycles. The smallest absolute Gasteiger partial charge is 0.265 e. The van der Waals surface area contributed by atoms with Crippen LogP contribution in [0.3, 0.4) is 0 Å². The second-order valence-corrected chi connectivity index (χ2v) is 15.9. The summed E-state index contributed by atoms with van der Waals surface area (Å²) in [4.78, 5) is 51.7. The number of hydrogen-bond acceptors (Lipinski definition) is 8. The van der Waals surface area contributed by atoms with E-state index in [1.165, 1.54) is 17.4 Å². The highest BCUT2D eigenvalue weighted by Crippen LogP contribution is 2.44. The zero-order valence-electron chi connectivity index (χ0n) is 30.5. The summed E-state index contributed by atoms with van der Waals surface area (Å²) in [6.45, 7) is 6.45. The number of pyridine rings is 1. The molecule has 0 atom stereocenters. The van der Waals surface area contributed by atoms with E-state index in [-0.39, 0.29) is 28.8 Å². The zero-order valence-corrected chi connectivity index (χ0v) is 31.3. The van der Waals surface area contributed by atoms with Crippen LogP contribution in [-0.2, 0) is 28.9 Å². The monoisotopic (exact) mass is 757 g/mol. The van der Waals surface area contributed by atoms with Gasteiger partial charge in [0, 0.05) is 71.9 Å². The number of benzene rings is 3. The fraction of sp³-hybridized carbons (Fsp3) is 0.302. The number of hydrogen-bond donors (Lipinski definition) is 2. The summed E-state index contributed by atoms with van der Waals surface area (Å²) in [5.74, 6) is -0.574. The van der Waals surface area contributed by atoms with Gasteiger partial charge >= 0.3 is 0 Å². The predicted molar refractivity (Wildman–Crippen MR) is 211 cm³/mol. The Hall–Kier alpha value is -5.43. The maximum atomic E-state index is 14.5. The summed E-state index contributed by atoms with van der Waals surface area (Å²) < 4.78 is 25.8. The fourth-order valence-corrected chi connectivity index (χ4v) is 9.29. The van der Waals surface area contributed by atoms with Gasteiger partial charge in [-0.25, -0.2) is 9.37 Å². The van der Waals surface area contributed by atoms with Crippen LogP contribution in [0.15, 0.2) is 78.9 Å². The van der Waals surface area contributed by atoms with Gasteiger partial charge in [-0.3, -0.25) is 14.4 Å². The van der Waals surface area contributed by atoms with Crippen molar-refractivity contribution in [2.24, 2.45) is 5.41 Å². The van der Waals surface area contributed by atoms with Gasteiger partial charge in [0.1, 0.15) is 11.6 Å². The SMILES string of the molecule is Cc1cccc(F)c1NC(=O)c1cc2c(s1)-c1ccccc1N(C(=O)c1ccc(NC(=O)c3cc4c(nc3N3CC5(CCOCC5)C3)CCOC4)cc1)CC2. The second-order valence-electron chi connectivity index (χ2n) is 14.8. The Bertz CT molecular complexity index is 2310. The van der Waals surface area contributed by atoms with Gasteiger partial charge in [-0.15, -0.1) is 11.3 Å². The average Bonchev–Trinajstić information content (AvgIpc) is 3.56. The Morgan fingerprint density at radius 3 is 2.45 bits per heavy atom. The molecule has 4 aliphatic rings. The van der Waals surface area contributed by atoms with Crippen LogP contribution >= 0.6 is 11.3 Å². The minimum absolute atomic E-state index is 0.171. The molecule has 2 aromatic heterocycles. The number of halogens is 1. The van der Waals surface area contributed by atoms with Crippen LogP contribution < -0.4 is 20.4 Å². The molecule has 6 heterocycles. The number of fused-ring (bicyclic) bond motifs is 4. The van der Waals surface area contributed by atoms with Crippen molar-refractivity contribution >= 4 is 51.9 Å². The molecule has 0 radical (unpaired) electrons. The molecule has 3 aromatic carbocycles. The van der Waals surface area contributed by atoms with Gasteiger partial charge in [0.15, 0.2) is 0 Å². The number of amides is 3. The van der Waals surface area contributed by atoms with Gasteiger partial charge in [-0.1, -0.05) is 30.3 Å². The molecular formula is C43H40FN5O5S. The summed E-state index contributed by atoms with van der Waals surface area (Å²) in [5, 5.41) is 5.80. The van der Waals surface area contributed by atoms with E-state index < -0.39 is 5.82 Å². The topological polar surface area (TPSA) is 113 Å². The first-order chi connectivity index (χ1) is 26.7. The summed E-state index contributed by atoms with van der Waals surface area (Å²) in [6.07, 6.45) is 3.28. The molecule has 55 heavy (non-hydrogen) atoms. The second kappa shape index (κ2) is 14.3. The lowest BCUT2D eigenvalue weighted by Gasteiger charge is -2.53. The van der Waals surface area contributed by atoms with Gasteiger partial charge < -0.3 is 29.9 Å². The molecule has 280 valence electrons. The Labute approximate surface area is 322 Å². The van der Waals surface area contributed by atoms with Crippen LogP contribution in [0, 0.1) is 18.2 Å². The maximum absolute atomic E-state index is 14.5. The quantitative estimate of drug-likeness (QED) is 0.183. The van der Waals surface area contributed by atoms with Gasteiger partial charge in [0.25, 0.3) is 17.7 Å². The molecule has 2 saturated heterocycles. The van der Waals surface area contributed by atoms with Gasteiger partial charge in [-0.2, -0.15) is 0 Å². The lowest BCUT2D eigenvalue weighted by Crippen LogP contribution is -2.59. The third-order valence-electron chi connectivity index (χ3n) is 11.2. The van der Waals surface area contributed by atoms with Gasteiger partial charge in [0.05, 0.1) is 40.7 Å². The highest BCUT2D eigenvalue weighted by Gasteiger charge is 2.45.